The highest BCUT2D eigenvalue weighted by molar-refractivity contribution is 4.81. The first-order valence-electron chi connectivity index (χ1n) is 7.75. The van der Waals surface area contributed by atoms with Crippen LogP contribution in [0.25, 0.3) is 0 Å². The molecule has 2 atom stereocenters. The van der Waals surface area contributed by atoms with Crippen LogP contribution >= 0.6 is 0 Å². The summed E-state index contributed by atoms with van der Waals surface area (Å²) in [5.74, 6) is 0. The van der Waals surface area contributed by atoms with Crippen molar-refractivity contribution in [3.05, 3.63) is 0 Å². The van der Waals surface area contributed by atoms with Gasteiger partial charge in [-0.15, -0.1) is 0 Å². The van der Waals surface area contributed by atoms with E-state index in [0.29, 0.717) is 6.04 Å². The Hall–Kier alpha value is -0.0800. The van der Waals surface area contributed by atoms with Crippen molar-refractivity contribution in [2.75, 3.05) is 13.1 Å². The topological polar surface area (TPSA) is 29.3 Å². The Kier molecular flexibility index (Phi) is 7.87. The van der Waals surface area contributed by atoms with Gasteiger partial charge >= 0.3 is 0 Å². The van der Waals surface area contributed by atoms with Gasteiger partial charge < -0.3 is 5.73 Å². The van der Waals surface area contributed by atoms with Crippen LogP contribution < -0.4 is 5.73 Å². The van der Waals surface area contributed by atoms with E-state index in [1.807, 2.05) is 0 Å². The van der Waals surface area contributed by atoms with Crippen molar-refractivity contribution in [2.45, 2.75) is 83.7 Å². The predicted octanol–water partition coefficient (Wildman–Crippen LogP) is 3.55. The van der Waals surface area contributed by atoms with E-state index >= 15 is 0 Å². The zero-order valence-electron chi connectivity index (χ0n) is 12.0. The molecule has 102 valence electrons. The maximum Gasteiger partial charge on any atom is 0.0221 e. The van der Waals surface area contributed by atoms with Crippen molar-refractivity contribution in [1.82, 2.24) is 4.90 Å². The van der Waals surface area contributed by atoms with Gasteiger partial charge in [-0.25, -0.2) is 0 Å². The summed E-state index contributed by atoms with van der Waals surface area (Å²) >= 11 is 0. The Bertz CT molecular complexity index is 182. The number of hydrogen-bond donors (Lipinski definition) is 1. The molecule has 0 aromatic rings. The highest BCUT2D eigenvalue weighted by Gasteiger charge is 2.24. The standard InChI is InChI=1S/C15H32N2/c1-3-4-5-6-7-10-14(2)17-12-9-8-11-15(17)13-16/h14-15H,3-13,16H2,1-2H3. The second kappa shape index (κ2) is 8.93. The van der Waals surface area contributed by atoms with Crippen molar-refractivity contribution in [3.8, 4) is 0 Å². The molecule has 2 unspecified atom stereocenters. The summed E-state index contributed by atoms with van der Waals surface area (Å²) in [6.45, 7) is 6.80. The van der Waals surface area contributed by atoms with E-state index in [-0.39, 0.29) is 0 Å². The summed E-state index contributed by atoms with van der Waals surface area (Å²) in [6.07, 6.45) is 12.4. The van der Waals surface area contributed by atoms with E-state index in [1.165, 1.54) is 64.3 Å². The number of nitrogens with two attached hydrogens (primary N) is 1. The summed E-state index contributed by atoms with van der Waals surface area (Å²) < 4.78 is 0. The van der Waals surface area contributed by atoms with Crippen molar-refractivity contribution in [1.29, 1.82) is 0 Å². The van der Waals surface area contributed by atoms with E-state index in [2.05, 4.69) is 18.7 Å². The molecule has 1 aliphatic heterocycles. The highest BCUT2D eigenvalue weighted by Crippen LogP contribution is 2.21. The molecule has 0 bridgehead atoms. The highest BCUT2D eigenvalue weighted by atomic mass is 15.2. The van der Waals surface area contributed by atoms with Gasteiger partial charge in [0.15, 0.2) is 0 Å². The smallest absolute Gasteiger partial charge is 0.0221 e. The van der Waals surface area contributed by atoms with Crippen molar-refractivity contribution in [3.63, 3.8) is 0 Å². The van der Waals surface area contributed by atoms with Gasteiger partial charge in [-0.1, -0.05) is 45.4 Å². The molecule has 0 radical (unpaired) electrons. The van der Waals surface area contributed by atoms with Gasteiger partial charge in [-0.2, -0.15) is 0 Å². The lowest BCUT2D eigenvalue weighted by Crippen LogP contribution is -2.48. The molecule has 0 aliphatic carbocycles. The normalized spacial score (nSPS) is 23.8. The van der Waals surface area contributed by atoms with Crippen LogP contribution in [-0.4, -0.2) is 30.1 Å². The lowest BCUT2D eigenvalue weighted by Gasteiger charge is -2.39. The fourth-order valence-electron chi connectivity index (χ4n) is 3.07. The van der Waals surface area contributed by atoms with Crippen LogP contribution in [0, 0.1) is 0 Å². The van der Waals surface area contributed by atoms with Crippen LogP contribution in [0.4, 0.5) is 0 Å². The average molecular weight is 240 g/mol. The Morgan fingerprint density at radius 3 is 2.65 bits per heavy atom. The van der Waals surface area contributed by atoms with E-state index in [4.69, 9.17) is 5.73 Å². The SMILES string of the molecule is CCCCCCCC(C)N1CCCCC1CN. The van der Waals surface area contributed by atoms with Crippen LogP contribution in [0.2, 0.25) is 0 Å². The molecule has 2 nitrogen and oxygen atoms in total. The molecule has 1 heterocycles. The van der Waals surface area contributed by atoms with Crippen molar-refractivity contribution in [2.24, 2.45) is 5.73 Å². The molecular formula is C15H32N2. The van der Waals surface area contributed by atoms with Crippen LogP contribution in [0.15, 0.2) is 0 Å². The Labute approximate surface area is 108 Å². The van der Waals surface area contributed by atoms with Gasteiger partial charge in [0.05, 0.1) is 0 Å². The van der Waals surface area contributed by atoms with Gasteiger partial charge in [-0.3, -0.25) is 4.90 Å². The van der Waals surface area contributed by atoms with Crippen LogP contribution in [0.1, 0.15) is 71.6 Å². The zero-order chi connectivity index (χ0) is 12.5. The number of piperidine rings is 1. The third-order valence-electron chi connectivity index (χ3n) is 4.24. The molecular weight excluding hydrogens is 208 g/mol. The van der Waals surface area contributed by atoms with Crippen molar-refractivity contribution < 1.29 is 0 Å². The Morgan fingerprint density at radius 1 is 1.18 bits per heavy atom. The maximum atomic E-state index is 5.88. The monoisotopic (exact) mass is 240 g/mol. The van der Waals surface area contributed by atoms with Crippen LogP contribution in [0.5, 0.6) is 0 Å². The fourth-order valence-corrected chi connectivity index (χ4v) is 3.07. The van der Waals surface area contributed by atoms with Gasteiger partial charge in [0.2, 0.25) is 0 Å². The van der Waals surface area contributed by atoms with Crippen LogP contribution in [0.3, 0.4) is 0 Å². The van der Waals surface area contributed by atoms with E-state index in [1.54, 1.807) is 0 Å². The molecule has 1 saturated heterocycles. The van der Waals surface area contributed by atoms with E-state index in [0.717, 1.165) is 12.6 Å². The summed E-state index contributed by atoms with van der Waals surface area (Å²) in [5, 5.41) is 0. The predicted molar refractivity (Wildman–Crippen MR) is 76.2 cm³/mol. The lowest BCUT2D eigenvalue weighted by atomic mass is 9.98. The minimum Gasteiger partial charge on any atom is -0.329 e. The van der Waals surface area contributed by atoms with Crippen LogP contribution in [-0.2, 0) is 0 Å². The molecule has 0 amide bonds. The number of hydrogen-bond acceptors (Lipinski definition) is 2. The van der Waals surface area contributed by atoms with Gasteiger partial charge in [0, 0.05) is 18.6 Å². The molecule has 0 spiro atoms. The molecule has 1 fully saturated rings. The molecule has 0 aromatic heterocycles. The lowest BCUT2D eigenvalue weighted by molar-refractivity contribution is 0.101. The van der Waals surface area contributed by atoms with E-state index < -0.39 is 0 Å². The minimum atomic E-state index is 0.661. The fraction of sp³-hybridized carbons (Fsp3) is 1.00. The van der Waals surface area contributed by atoms with Gasteiger partial charge in [0.25, 0.3) is 0 Å². The largest absolute Gasteiger partial charge is 0.329 e. The number of rotatable bonds is 8. The molecule has 1 aliphatic rings. The second-order valence-corrected chi connectivity index (χ2v) is 5.68. The molecule has 2 heteroatoms. The third kappa shape index (κ3) is 5.39. The second-order valence-electron chi connectivity index (χ2n) is 5.68. The molecule has 1 rings (SSSR count). The average Bonchev–Trinajstić information content (AvgIpc) is 2.38. The third-order valence-corrected chi connectivity index (χ3v) is 4.24. The quantitative estimate of drug-likeness (QED) is 0.657. The number of nitrogens with zero attached hydrogens (tertiary/aromatic N) is 1. The van der Waals surface area contributed by atoms with Crippen molar-refractivity contribution >= 4 is 0 Å². The van der Waals surface area contributed by atoms with Gasteiger partial charge in [0.1, 0.15) is 0 Å². The summed E-state index contributed by atoms with van der Waals surface area (Å²) in [7, 11) is 0. The first-order chi connectivity index (χ1) is 8.29. The summed E-state index contributed by atoms with van der Waals surface area (Å²) in [6, 6.07) is 1.40. The Balaban J connectivity index is 2.18. The first kappa shape index (κ1) is 15.0. The maximum absolute atomic E-state index is 5.88. The van der Waals surface area contributed by atoms with E-state index in [9.17, 15) is 0 Å². The van der Waals surface area contributed by atoms with Gasteiger partial charge in [-0.05, 0) is 32.7 Å². The number of likely N-dealkylation sites (tertiary alicyclic amines) is 1. The molecule has 0 aromatic carbocycles. The number of unbranched alkanes of at least 4 members (excludes halogenated alkanes) is 4. The first-order valence-corrected chi connectivity index (χ1v) is 7.75. The minimum absolute atomic E-state index is 0.661. The molecule has 2 N–H and O–H groups in total. The molecule has 17 heavy (non-hydrogen) atoms. The molecule has 0 saturated carbocycles. The summed E-state index contributed by atoms with van der Waals surface area (Å²) in [5.41, 5.74) is 5.88. The zero-order valence-corrected chi connectivity index (χ0v) is 12.0. The Morgan fingerprint density at radius 2 is 1.94 bits per heavy atom. The summed E-state index contributed by atoms with van der Waals surface area (Å²) in [4.78, 5) is 2.67.